The van der Waals surface area contributed by atoms with Crippen LogP contribution in [0.4, 0.5) is 0 Å². The van der Waals surface area contributed by atoms with Crippen LogP contribution in [0.25, 0.3) is 11.0 Å². The second-order valence-corrected chi connectivity index (χ2v) is 4.63. The van der Waals surface area contributed by atoms with E-state index in [4.69, 9.17) is 18.0 Å². The van der Waals surface area contributed by atoms with Gasteiger partial charge in [-0.1, -0.05) is 12.2 Å². The summed E-state index contributed by atoms with van der Waals surface area (Å²) >= 11 is 4.96. The first-order chi connectivity index (χ1) is 7.50. The van der Waals surface area contributed by atoms with Crippen LogP contribution in [0.3, 0.4) is 0 Å². The molecule has 0 aliphatic heterocycles. The van der Waals surface area contributed by atoms with Crippen LogP contribution in [0.15, 0.2) is 18.2 Å². The maximum Gasteiger partial charge on any atom is 0.106 e. The van der Waals surface area contributed by atoms with Crippen molar-refractivity contribution in [3.8, 4) is 0 Å². The number of hydrogen-bond acceptors (Lipinski definition) is 2. The molecule has 1 heterocycles. The normalized spacial score (nSPS) is 11.2. The smallest absolute Gasteiger partial charge is 0.106 e. The van der Waals surface area contributed by atoms with Crippen molar-refractivity contribution in [2.24, 2.45) is 5.73 Å². The summed E-state index contributed by atoms with van der Waals surface area (Å²) in [6.07, 6.45) is 0. The summed E-state index contributed by atoms with van der Waals surface area (Å²) in [6, 6.07) is 6.33. The van der Waals surface area contributed by atoms with Crippen LogP contribution in [0.2, 0.25) is 0 Å². The highest BCUT2D eigenvalue weighted by atomic mass is 32.1. The standard InChI is InChI=1S/C12H15N3S/c1-7(2)15-8(3)14-10-6-9(12(13)16)4-5-11(10)15/h4-7H,1-3H3,(H2,13,16). The molecule has 0 atom stereocenters. The lowest BCUT2D eigenvalue weighted by Gasteiger charge is -2.10. The number of imidazole rings is 1. The van der Waals surface area contributed by atoms with Gasteiger partial charge in [-0.25, -0.2) is 4.98 Å². The summed E-state index contributed by atoms with van der Waals surface area (Å²) in [6.45, 7) is 6.31. The molecule has 0 saturated carbocycles. The highest BCUT2D eigenvalue weighted by Crippen LogP contribution is 2.21. The fraction of sp³-hybridized carbons (Fsp3) is 0.333. The molecule has 0 aliphatic rings. The van der Waals surface area contributed by atoms with Crippen molar-refractivity contribution >= 4 is 28.2 Å². The van der Waals surface area contributed by atoms with E-state index in [1.54, 1.807) is 0 Å². The first-order valence-electron chi connectivity index (χ1n) is 5.29. The lowest BCUT2D eigenvalue weighted by molar-refractivity contribution is 0.600. The van der Waals surface area contributed by atoms with Crippen molar-refractivity contribution in [2.75, 3.05) is 0 Å². The number of thiocarbonyl (C=S) groups is 1. The molecule has 2 rings (SSSR count). The van der Waals surface area contributed by atoms with E-state index in [-0.39, 0.29) is 0 Å². The maximum absolute atomic E-state index is 5.61. The van der Waals surface area contributed by atoms with Crippen LogP contribution in [0, 0.1) is 6.92 Å². The van der Waals surface area contributed by atoms with Crippen molar-refractivity contribution in [1.82, 2.24) is 9.55 Å². The van der Waals surface area contributed by atoms with Crippen molar-refractivity contribution in [2.45, 2.75) is 26.8 Å². The second-order valence-electron chi connectivity index (χ2n) is 4.19. The molecule has 0 saturated heterocycles. The molecular weight excluding hydrogens is 218 g/mol. The summed E-state index contributed by atoms with van der Waals surface area (Å²) in [5.74, 6) is 1.02. The van der Waals surface area contributed by atoms with E-state index < -0.39 is 0 Å². The summed E-state index contributed by atoms with van der Waals surface area (Å²) in [5, 5.41) is 0. The van der Waals surface area contributed by atoms with Gasteiger partial charge in [-0.15, -0.1) is 0 Å². The lowest BCUT2D eigenvalue weighted by Crippen LogP contribution is -2.09. The third kappa shape index (κ3) is 1.69. The first kappa shape index (κ1) is 11.1. The minimum Gasteiger partial charge on any atom is -0.389 e. The van der Waals surface area contributed by atoms with Crippen LogP contribution in [-0.2, 0) is 0 Å². The first-order valence-corrected chi connectivity index (χ1v) is 5.70. The third-order valence-corrected chi connectivity index (χ3v) is 2.90. The summed E-state index contributed by atoms with van der Waals surface area (Å²) in [4.78, 5) is 4.94. The Bertz CT molecular complexity index is 555. The Morgan fingerprint density at radius 3 is 2.69 bits per heavy atom. The summed E-state index contributed by atoms with van der Waals surface area (Å²) < 4.78 is 2.21. The number of rotatable bonds is 2. The monoisotopic (exact) mass is 233 g/mol. The van der Waals surface area contributed by atoms with Gasteiger partial charge in [0.15, 0.2) is 0 Å². The van der Waals surface area contributed by atoms with Gasteiger partial charge in [0.1, 0.15) is 10.8 Å². The number of fused-ring (bicyclic) bond motifs is 1. The lowest BCUT2D eigenvalue weighted by atomic mass is 10.2. The second kappa shape index (κ2) is 3.87. The molecule has 3 nitrogen and oxygen atoms in total. The van der Waals surface area contributed by atoms with Gasteiger partial charge in [-0.05, 0) is 39.0 Å². The zero-order chi connectivity index (χ0) is 11.9. The Morgan fingerprint density at radius 1 is 1.44 bits per heavy atom. The molecule has 1 aromatic carbocycles. The van der Waals surface area contributed by atoms with Gasteiger partial charge >= 0.3 is 0 Å². The Balaban J connectivity index is 2.70. The molecule has 0 fully saturated rings. The summed E-state index contributed by atoms with van der Waals surface area (Å²) in [7, 11) is 0. The van der Waals surface area contributed by atoms with Crippen molar-refractivity contribution in [1.29, 1.82) is 0 Å². The predicted molar refractivity (Wildman–Crippen MR) is 70.7 cm³/mol. The van der Waals surface area contributed by atoms with E-state index in [1.807, 2.05) is 25.1 Å². The summed E-state index contributed by atoms with van der Waals surface area (Å²) in [5.41, 5.74) is 8.56. The molecule has 16 heavy (non-hydrogen) atoms. The van der Waals surface area contributed by atoms with Crippen molar-refractivity contribution < 1.29 is 0 Å². The van der Waals surface area contributed by atoms with Gasteiger partial charge in [0.2, 0.25) is 0 Å². The van der Waals surface area contributed by atoms with Crippen LogP contribution >= 0.6 is 12.2 Å². The molecule has 0 unspecified atom stereocenters. The van der Waals surface area contributed by atoms with Gasteiger partial charge < -0.3 is 10.3 Å². The Labute approximate surface area is 100 Å². The van der Waals surface area contributed by atoms with E-state index in [0.29, 0.717) is 11.0 Å². The van der Waals surface area contributed by atoms with Gasteiger partial charge in [0, 0.05) is 11.6 Å². The van der Waals surface area contributed by atoms with Crippen molar-refractivity contribution in [3.05, 3.63) is 29.6 Å². The van der Waals surface area contributed by atoms with Gasteiger partial charge in [0.25, 0.3) is 0 Å². The molecule has 0 aliphatic carbocycles. The predicted octanol–water partition coefficient (Wildman–Crippen LogP) is 2.56. The van der Waals surface area contributed by atoms with Crippen LogP contribution in [0.1, 0.15) is 31.3 Å². The highest BCUT2D eigenvalue weighted by Gasteiger charge is 2.10. The van der Waals surface area contributed by atoms with E-state index in [0.717, 1.165) is 22.4 Å². The zero-order valence-corrected chi connectivity index (χ0v) is 10.5. The average molecular weight is 233 g/mol. The largest absolute Gasteiger partial charge is 0.389 e. The third-order valence-electron chi connectivity index (χ3n) is 2.67. The van der Waals surface area contributed by atoms with Gasteiger partial charge in [-0.2, -0.15) is 0 Å². The Hall–Kier alpha value is -1.42. The topological polar surface area (TPSA) is 43.8 Å². The number of aryl methyl sites for hydroxylation is 1. The Kier molecular flexibility index (Phi) is 2.68. The molecule has 0 spiro atoms. The quantitative estimate of drug-likeness (QED) is 0.811. The van der Waals surface area contributed by atoms with Crippen LogP contribution < -0.4 is 5.73 Å². The van der Waals surface area contributed by atoms with E-state index in [1.165, 1.54) is 0 Å². The van der Waals surface area contributed by atoms with Crippen LogP contribution in [0.5, 0.6) is 0 Å². The van der Waals surface area contributed by atoms with Gasteiger partial charge in [-0.3, -0.25) is 0 Å². The number of aromatic nitrogens is 2. The highest BCUT2D eigenvalue weighted by molar-refractivity contribution is 7.80. The molecule has 2 N–H and O–H groups in total. The number of hydrogen-bond donors (Lipinski definition) is 1. The molecule has 0 radical (unpaired) electrons. The molecule has 1 aromatic heterocycles. The molecule has 84 valence electrons. The van der Waals surface area contributed by atoms with E-state index in [9.17, 15) is 0 Å². The Morgan fingerprint density at radius 2 is 2.12 bits per heavy atom. The fourth-order valence-corrected chi connectivity index (χ4v) is 2.15. The minimum atomic E-state index is 0.403. The SMILES string of the molecule is Cc1nc2cc(C(N)=S)ccc2n1C(C)C. The molecule has 4 heteroatoms. The average Bonchev–Trinajstić information content (AvgIpc) is 2.51. The van der Waals surface area contributed by atoms with E-state index in [2.05, 4.69) is 23.4 Å². The van der Waals surface area contributed by atoms with Crippen LogP contribution in [-0.4, -0.2) is 14.5 Å². The molecule has 0 bridgehead atoms. The van der Waals surface area contributed by atoms with Gasteiger partial charge in [0.05, 0.1) is 11.0 Å². The number of nitrogens with two attached hydrogens (primary N) is 1. The molecule has 2 aromatic rings. The van der Waals surface area contributed by atoms with Crippen molar-refractivity contribution in [3.63, 3.8) is 0 Å². The number of benzene rings is 1. The maximum atomic E-state index is 5.61. The molecular formula is C12H15N3S. The fourth-order valence-electron chi connectivity index (χ4n) is 2.02. The minimum absolute atomic E-state index is 0.403. The number of nitrogens with zero attached hydrogens (tertiary/aromatic N) is 2. The zero-order valence-electron chi connectivity index (χ0n) is 9.69. The molecule has 0 amide bonds. The van der Waals surface area contributed by atoms with E-state index >= 15 is 0 Å².